The average molecular weight is 193 g/mol. The maximum atomic E-state index is 11.9. The molecule has 4 nitrogen and oxygen atoms in total. The van der Waals surface area contributed by atoms with E-state index in [2.05, 4.69) is 15.5 Å². The van der Waals surface area contributed by atoms with Crippen molar-refractivity contribution in [3.05, 3.63) is 12.4 Å². The van der Waals surface area contributed by atoms with Crippen LogP contribution in [0, 0.1) is 5.41 Å². The van der Waals surface area contributed by atoms with Crippen molar-refractivity contribution in [2.24, 2.45) is 5.41 Å². The second-order valence-corrected chi connectivity index (χ2v) is 4.21. The van der Waals surface area contributed by atoms with Crippen LogP contribution >= 0.6 is 0 Å². The molecule has 0 radical (unpaired) electrons. The van der Waals surface area contributed by atoms with Crippen LogP contribution in [0.15, 0.2) is 12.4 Å². The molecule has 0 saturated heterocycles. The van der Waals surface area contributed by atoms with E-state index in [9.17, 15) is 4.79 Å². The number of aromatic nitrogens is 2. The summed E-state index contributed by atoms with van der Waals surface area (Å²) in [6.45, 7) is 2.04. The lowest BCUT2D eigenvalue weighted by Gasteiger charge is -2.21. The van der Waals surface area contributed by atoms with Crippen molar-refractivity contribution < 1.29 is 4.79 Å². The molecule has 14 heavy (non-hydrogen) atoms. The predicted molar refractivity (Wildman–Crippen MR) is 53.8 cm³/mol. The summed E-state index contributed by atoms with van der Waals surface area (Å²) in [5.74, 6) is 0.122. The van der Waals surface area contributed by atoms with Gasteiger partial charge in [-0.1, -0.05) is 19.8 Å². The van der Waals surface area contributed by atoms with Gasteiger partial charge in [0.25, 0.3) is 0 Å². The Morgan fingerprint density at radius 1 is 1.57 bits per heavy atom. The summed E-state index contributed by atoms with van der Waals surface area (Å²) in [6, 6.07) is 0. The van der Waals surface area contributed by atoms with Crippen molar-refractivity contribution in [3.63, 3.8) is 0 Å². The average Bonchev–Trinajstić information content (AvgIpc) is 2.76. The van der Waals surface area contributed by atoms with Crippen molar-refractivity contribution in [1.82, 2.24) is 10.2 Å². The van der Waals surface area contributed by atoms with Crippen LogP contribution in [0.1, 0.15) is 32.6 Å². The molecule has 2 rings (SSSR count). The highest BCUT2D eigenvalue weighted by Gasteiger charge is 2.36. The Morgan fingerprint density at radius 2 is 2.29 bits per heavy atom. The van der Waals surface area contributed by atoms with Gasteiger partial charge in [-0.05, 0) is 12.8 Å². The minimum Gasteiger partial charge on any atom is -0.323 e. The van der Waals surface area contributed by atoms with Crippen LogP contribution in [-0.4, -0.2) is 16.1 Å². The molecule has 1 amide bonds. The molecule has 0 bridgehead atoms. The van der Waals surface area contributed by atoms with Gasteiger partial charge in [0.2, 0.25) is 5.91 Å². The maximum absolute atomic E-state index is 11.9. The second-order valence-electron chi connectivity index (χ2n) is 4.21. The fourth-order valence-electron chi connectivity index (χ4n) is 1.98. The highest BCUT2D eigenvalue weighted by atomic mass is 16.2. The first-order chi connectivity index (χ1) is 6.71. The predicted octanol–water partition coefficient (Wildman–Crippen LogP) is 1.93. The highest BCUT2D eigenvalue weighted by Crippen LogP contribution is 2.38. The number of carbonyl (C=O) groups is 1. The van der Waals surface area contributed by atoms with E-state index in [0.29, 0.717) is 0 Å². The number of H-pyrrole nitrogens is 1. The summed E-state index contributed by atoms with van der Waals surface area (Å²) < 4.78 is 0. The van der Waals surface area contributed by atoms with Gasteiger partial charge in [0.1, 0.15) is 0 Å². The summed E-state index contributed by atoms with van der Waals surface area (Å²) in [5.41, 5.74) is 0.584. The maximum Gasteiger partial charge on any atom is 0.230 e. The number of nitrogens with one attached hydrogen (secondary N) is 2. The van der Waals surface area contributed by atoms with Crippen molar-refractivity contribution in [2.45, 2.75) is 32.6 Å². The smallest absolute Gasteiger partial charge is 0.230 e. The molecule has 1 aromatic heterocycles. The van der Waals surface area contributed by atoms with Crippen LogP contribution in [0.2, 0.25) is 0 Å². The zero-order valence-corrected chi connectivity index (χ0v) is 8.34. The van der Waals surface area contributed by atoms with Crippen molar-refractivity contribution in [1.29, 1.82) is 0 Å². The Hall–Kier alpha value is -1.32. The highest BCUT2D eigenvalue weighted by molar-refractivity contribution is 5.94. The fraction of sp³-hybridized carbons (Fsp3) is 0.600. The molecule has 76 valence electrons. The lowest BCUT2D eigenvalue weighted by atomic mass is 9.88. The molecule has 0 atom stereocenters. The van der Waals surface area contributed by atoms with Gasteiger partial charge in [-0.3, -0.25) is 9.89 Å². The Balaban J connectivity index is 2.02. The van der Waals surface area contributed by atoms with Crippen LogP contribution in [-0.2, 0) is 4.79 Å². The first-order valence-corrected chi connectivity index (χ1v) is 5.01. The summed E-state index contributed by atoms with van der Waals surface area (Å²) >= 11 is 0. The molecule has 4 heteroatoms. The summed E-state index contributed by atoms with van der Waals surface area (Å²) in [6.07, 6.45) is 7.63. The lowest BCUT2D eigenvalue weighted by molar-refractivity contribution is -0.124. The fourth-order valence-corrected chi connectivity index (χ4v) is 1.98. The third kappa shape index (κ3) is 1.64. The van der Waals surface area contributed by atoms with Gasteiger partial charge in [0.05, 0.1) is 11.9 Å². The lowest BCUT2D eigenvalue weighted by Crippen LogP contribution is -2.30. The zero-order valence-electron chi connectivity index (χ0n) is 8.34. The number of carbonyl (C=O) groups excluding carboxylic acids is 1. The number of amides is 1. The Bertz CT molecular complexity index is 312. The Morgan fingerprint density at radius 3 is 2.86 bits per heavy atom. The first kappa shape index (κ1) is 9.24. The van der Waals surface area contributed by atoms with Gasteiger partial charge >= 0.3 is 0 Å². The molecule has 0 aliphatic heterocycles. The van der Waals surface area contributed by atoms with Crippen LogP contribution in [0.4, 0.5) is 5.69 Å². The molecule has 1 aliphatic carbocycles. The molecule has 0 aromatic carbocycles. The first-order valence-electron chi connectivity index (χ1n) is 5.01. The van der Waals surface area contributed by atoms with E-state index >= 15 is 0 Å². The molecule has 1 aliphatic rings. The standard InChI is InChI=1S/C10H15N3O/c1-10(4-2-3-5-10)9(14)13-8-6-11-12-7-8/h6-7H,2-5H2,1H3,(H,11,12)(H,13,14). The van der Waals surface area contributed by atoms with E-state index in [1.807, 2.05) is 6.92 Å². The van der Waals surface area contributed by atoms with Gasteiger partial charge in [-0.2, -0.15) is 5.10 Å². The topological polar surface area (TPSA) is 57.8 Å². The molecule has 1 fully saturated rings. The number of rotatable bonds is 2. The molecule has 0 spiro atoms. The quantitative estimate of drug-likeness (QED) is 0.754. The summed E-state index contributed by atoms with van der Waals surface area (Å²) in [5, 5.41) is 9.33. The van der Waals surface area contributed by atoms with E-state index in [1.165, 1.54) is 0 Å². The van der Waals surface area contributed by atoms with Crippen molar-refractivity contribution in [2.75, 3.05) is 5.32 Å². The molecule has 1 saturated carbocycles. The SMILES string of the molecule is CC1(C(=O)Nc2cn[nH]c2)CCCC1. The number of aromatic amines is 1. The monoisotopic (exact) mass is 193 g/mol. The number of nitrogens with zero attached hydrogens (tertiary/aromatic N) is 1. The number of hydrogen-bond acceptors (Lipinski definition) is 2. The molecule has 0 unspecified atom stereocenters. The van der Waals surface area contributed by atoms with Crippen LogP contribution < -0.4 is 5.32 Å². The molecular formula is C10H15N3O. The van der Waals surface area contributed by atoms with E-state index in [0.717, 1.165) is 31.4 Å². The minimum atomic E-state index is -0.169. The third-order valence-corrected chi connectivity index (χ3v) is 3.01. The van der Waals surface area contributed by atoms with E-state index < -0.39 is 0 Å². The molecular weight excluding hydrogens is 178 g/mol. The van der Waals surface area contributed by atoms with Crippen LogP contribution in [0.25, 0.3) is 0 Å². The van der Waals surface area contributed by atoms with E-state index in [1.54, 1.807) is 12.4 Å². The Kier molecular flexibility index (Phi) is 2.27. The second kappa shape index (κ2) is 3.44. The summed E-state index contributed by atoms with van der Waals surface area (Å²) in [4.78, 5) is 11.9. The molecule has 2 N–H and O–H groups in total. The van der Waals surface area contributed by atoms with Crippen LogP contribution in [0.5, 0.6) is 0 Å². The third-order valence-electron chi connectivity index (χ3n) is 3.01. The number of anilines is 1. The number of hydrogen-bond donors (Lipinski definition) is 2. The molecule has 1 aromatic rings. The van der Waals surface area contributed by atoms with Gasteiger partial charge in [-0.25, -0.2) is 0 Å². The van der Waals surface area contributed by atoms with Gasteiger partial charge < -0.3 is 5.32 Å². The van der Waals surface area contributed by atoms with Crippen molar-refractivity contribution in [3.8, 4) is 0 Å². The Labute approximate surface area is 83.1 Å². The largest absolute Gasteiger partial charge is 0.323 e. The van der Waals surface area contributed by atoms with Gasteiger partial charge in [0.15, 0.2) is 0 Å². The van der Waals surface area contributed by atoms with Gasteiger partial charge in [0, 0.05) is 11.6 Å². The van der Waals surface area contributed by atoms with E-state index in [4.69, 9.17) is 0 Å². The zero-order chi connectivity index (χ0) is 10.0. The van der Waals surface area contributed by atoms with Crippen LogP contribution in [0.3, 0.4) is 0 Å². The minimum absolute atomic E-state index is 0.122. The van der Waals surface area contributed by atoms with Crippen molar-refractivity contribution >= 4 is 11.6 Å². The normalized spacial score (nSPS) is 19.5. The van der Waals surface area contributed by atoms with E-state index in [-0.39, 0.29) is 11.3 Å². The van der Waals surface area contributed by atoms with Gasteiger partial charge in [-0.15, -0.1) is 0 Å². The molecule has 1 heterocycles. The summed E-state index contributed by atoms with van der Waals surface area (Å²) in [7, 11) is 0.